The van der Waals surface area contributed by atoms with E-state index in [1.54, 1.807) is 11.3 Å². The molecule has 3 nitrogen and oxygen atoms in total. The van der Waals surface area contributed by atoms with Crippen LogP contribution >= 0.6 is 11.3 Å². The SMILES string of the molecule is C=CCCCN(C)Cc1csc(CNCC)n1. The Kier molecular flexibility index (Phi) is 7.08. The van der Waals surface area contributed by atoms with Crippen molar-refractivity contribution < 1.29 is 0 Å². The summed E-state index contributed by atoms with van der Waals surface area (Å²) in [6, 6.07) is 0. The summed E-state index contributed by atoms with van der Waals surface area (Å²) in [4.78, 5) is 6.93. The van der Waals surface area contributed by atoms with Crippen LogP contribution in [0.5, 0.6) is 0 Å². The number of thiazole rings is 1. The number of aromatic nitrogens is 1. The molecule has 1 aromatic rings. The fourth-order valence-corrected chi connectivity index (χ4v) is 2.35. The molecule has 0 aliphatic carbocycles. The van der Waals surface area contributed by atoms with E-state index in [1.165, 1.54) is 17.1 Å². The zero-order valence-electron chi connectivity index (χ0n) is 10.9. The third-order valence-corrected chi connectivity index (χ3v) is 3.40. The van der Waals surface area contributed by atoms with Gasteiger partial charge < -0.3 is 10.2 Å². The Labute approximate surface area is 109 Å². The van der Waals surface area contributed by atoms with Gasteiger partial charge in [-0.05, 0) is 33.0 Å². The second kappa shape index (κ2) is 8.39. The van der Waals surface area contributed by atoms with E-state index in [-0.39, 0.29) is 0 Å². The van der Waals surface area contributed by atoms with Gasteiger partial charge in [0, 0.05) is 18.5 Å². The summed E-state index contributed by atoms with van der Waals surface area (Å²) in [5, 5.41) is 6.64. The highest BCUT2D eigenvalue weighted by Gasteiger charge is 2.04. The molecule has 0 unspecified atom stereocenters. The van der Waals surface area contributed by atoms with E-state index >= 15 is 0 Å². The molecule has 0 amide bonds. The van der Waals surface area contributed by atoms with Gasteiger partial charge in [0.05, 0.1) is 5.69 Å². The third-order valence-electron chi connectivity index (χ3n) is 2.51. The summed E-state index contributed by atoms with van der Waals surface area (Å²) in [5.74, 6) is 0. The Balaban J connectivity index is 2.29. The van der Waals surface area contributed by atoms with Gasteiger partial charge in [-0.25, -0.2) is 4.98 Å². The fraction of sp³-hybridized carbons (Fsp3) is 0.615. The number of rotatable bonds is 9. The van der Waals surface area contributed by atoms with Crippen LogP contribution in [0.25, 0.3) is 0 Å². The van der Waals surface area contributed by atoms with Gasteiger partial charge in [-0.2, -0.15) is 0 Å². The lowest BCUT2D eigenvalue weighted by Gasteiger charge is -2.14. The molecule has 1 N–H and O–H groups in total. The van der Waals surface area contributed by atoms with Crippen molar-refractivity contribution in [3.8, 4) is 0 Å². The average Bonchev–Trinajstić information content (AvgIpc) is 2.74. The highest BCUT2D eigenvalue weighted by atomic mass is 32.1. The highest BCUT2D eigenvalue weighted by Crippen LogP contribution is 2.11. The molecule has 0 fully saturated rings. The van der Waals surface area contributed by atoms with Crippen molar-refractivity contribution in [2.75, 3.05) is 20.1 Å². The second-order valence-electron chi connectivity index (χ2n) is 4.18. The van der Waals surface area contributed by atoms with Crippen molar-refractivity contribution in [1.82, 2.24) is 15.2 Å². The Morgan fingerprint density at radius 2 is 2.41 bits per heavy atom. The lowest BCUT2D eigenvalue weighted by Crippen LogP contribution is -2.19. The van der Waals surface area contributed by atoms with Gasteiger partial charge in [0.15, 0.2) is 0 Å². The van der Waals surface area contributed by atoms with E-state index in [2.05, 4.69) is 41.1 Å². The van der Waals surface area contributed by atoms with Gasteiger partial charge >= 0.3 is 0 Å². The molecule has 1 heterocycles. The number of nitrogens with zero attached hydrogens (tertiary/aromatic N) is 2. The van der Waals surface area contributed by atoms with E-state index in [1.807, 2.05) is 6.08 Å². The van der Waals surface area contributed by atoms with Gasteiger partial charge in [-0.15, -0.1) is 17.9 Å². The predicted molar refractivity (Wildman–Crippen MR) is 75.3 cm³/mol. The van der Waals surface area contributed by atoms with E-state index in [9.17, 15) is 0 Å². The van der Waals surface area contributed by atoms with Crippen molar-refractivity contribution in [1.29, 1.82) is 0 Å². The normalized spacial score (nSPS) is 11.0. The van der Waals surface area contributed by atoms with Crippen molar-refractivity contribution in [3.63, 3.8) is 0 Å². The molecular formula is C13H23N3S. The maximum absolute atomic E-state index is 4.61. The van der Waals surface area contributed by atoms with Crippen molar-refractivity contribution in [2.45, 2.75) is 32.9 Å². The van der Waals surface area contributed by atoms with E-state index in [0.717, 1.165) is 32.6 Å². The number of allylic oxidation sites excluding steroid dienone is 1. The molecule has 96 valence electrons. The Hall–Kier alpha value is -0.710. The maximum atomic E-state index is 4.61. The topological polar surface area (TPSA) is 28.2 Å². The molecule has 1 rings (SSSR count). The maximum Gasteiger partial charge on any atom is 0.107 e. The first-order valence-electron chi connectivity index (χ1n) is 6.19. The summed E-state index contributed by atoms with van der Waals surface area (Å²) < 4.78 is 0. The minimum Gasteiger partial charge on any atom is -0.311 e. The largest absolute Gasteiger partial charge is 0.311 e. The van der Waals surface area contributed by atoms with Crippen LogP contribution < -0.4 is 5.32 Å². The third kappa shape index (κ3) is 5.96. The van der Waals surface area contributed by atoms with Gasteiger partial charge in [0.25, 0.3) is 0 Å². The quantitative estimate of drug-likeness (QED) is 0.542. The monoisotopic (exact) mass is 253 g/mol. The number of hydrogen-bond acceptors (Lipinski definition) is 4. The molecule has 0 saturated carbocycles. The van der Waals surface area contributed by atoms with Crippen molar-refractivity contribution >= 4 is 11.3 Å². The molecule has 0 aromatic carbocycles. The van der Waals surface area contributed by atoms with Crippen molar-refractivity contribution in [2.24, 2.45) is 0 Å². The molecule has 0 aliphatic rings. The molecule has 0 radical (unpaired) electrons. The standard InChI is InChI=1S/C13H23N3S/c1-4-6-7-8-16(3)10-12-11-17-13(15-12)9-14-5-2/h4,11,14H,1,5-10H2,2-3H3. The minimum atomic E-state index is 0.890. The van der Waals surface area contributed by atoms with Gasteiger partial charge in [-0.1, -0.05) is 13.0 Å². The van der Waals surface area contributed by atoms with Crippen LogP contribution in [0.4, 0.5) is 0 Å². The lowest BCUT2D eigenvalue weighted by molar-refractivity contribution is 0.319. The summed E-state index contributed by atoms with van der Waals surface area (Å²) in [6.07, 6.45) is 4.24. The summed E-state index contributed by atoms with van der Waals surface area (Å²) >= 11 is 1.74. The molecule has 0 bridgehead atoms. The Bertz CT molecular complexity index is 322. The second-order valence-corrected chi connectivity index (χ2v) is 5.12. The molecule has 0 saturated heterocycles. The van der Waals surface area contributed by atoms with Crippen LogP contribution in [0.1, 0.15) is 30.5 Å². The highest BCUT2D eigenvalue weighted by molar-refractivity contribution is 7.09. The van der Waals surface area contributed by atoms with E-state index in [0.29, 0.717) is 0 Å². The first-order chi connectivity index (χ1) is 8.26. The molecule has 4 heteroatoms. The molecule has 1 aromatic heterocycles. The zero-order valence-corrected chi connectivity index (χ0v) is 11.7. The Morgan fingerprint density at radius 3 is 3.12 bits per heavy atom. The average molecular weight is 253 g/mol. The molecule has 0 spiro atoms. The van der Waals surface area contributed by atoms with Crippen LogP contribution in [0.3, 0.4) is 0 Å². The smallest absolute Gasteiger partial charge is 0.107 e. The minimum absolute atomic E-state index is 0.890. The molecule has 0 atom stereocenters. The van der Waals surface area contributed by atoms with Crippen molar-refractivity contribution in [3.05, 3.63) is 28.7 Å². The zero-order chi connectivity index (χ0) is 12.5. The first kappa shape index (κ1) is 14.4. The molecule has 0 aliphatic heterocycles. The van der Waals surface area contributed by atoms with Gasteiger partial charge in [0.2, 0.25) is 0 Å². The first-order valence-corrected chi connectivity index (χ1v) is 7.07. The molecule has 17 heavy (non-hydrogen) atoms. The Morgan fingerprint density at radius 1 is 1.59 bits per heavy atom. The van der Waals surface area contributed by atoms with Crippen LogP contribution in [-0.4, -0.2) is 30.0 Å². The number of nitrogens with one attached hydrogen (secondary N) is 1. The van der Waals surface area contributed by atoms with Crippen LogP contribution in [0.2, 0.25) is 0 Å². The van der Waals surface area contributed by atoms with E-state index in [4.69, 9.17) is 0 Å². The van der Waals surface area contributed by atoms with Crippen LogP contribution in [-0.2, 0) is 13.1 Å². The number of hydrogen-bond donors (Lipinski definition) is 1. The van der Waals surface area contributed by atoms with E-state index < -0.39 is 0 Å². The molecular weight excluding hydrogens is 230 g/mol. The summed E-state index contributed by atoms with van der Waals surface area (Å²) in [5.41, 5.74) is 1.18. The fourth-order valence-electron chi connectivity index (χ4n) is 1.60. The van der Waals surface area contributed by atoms with Gasteiger partial charge in [-0.3, -0.25) is 0 Å². The lowest BCUT2D eigenvalue weighted by atomic mass is 10.3. The van der Waals surface area contributed by atoms with Gasteiger partial charge in [0.1, 0.15) is 5.01 Å². The summed E-state index contributed by atoms with van der Waals surface area (Å²) in [7, 11) is 2.15. The van der Waals surface area contributed by atoms with Crippen LogP contribution in [0, 0.1) is 0 Å². The van der Waals surface area contributed by atoms with Crippen LogP contribution in [0.15, 0.2) is 18.0 Å². The number of unbranched alkanes of at least 4 members (excludes halogenated alkanes) is 1. The predicted octanol–water partition coefficient (Wildman–Crippen LogP) is 2.65. The summed E-state index contributed by atoms with van der Waals surface area (Å²) in [6.45, 7) is 9.78.